The average Bonchev–Trinajstić information content (AvgIpc) is 2.73. The second-order valence-corrected chi connectivity index (χ2v) is 7.42. The van der Waals surface area contributed by atoms with Gasteiger partial charge in [0, 0.05) is 32.1 Å². The minimum Gasteiger partial charge on any atom is -0.484 e. The molecule has 1 aliphatic heterocycles. The van der Waals surface area contributed by atoms with E-state index in [4.69, 9.17) is 4.74 Å². The molecule has 9 heteroatoms. The first-order valence-electron chi connectivity index (χ1n) is 10.3. The highest BCUT2D eigenvalue weighted by atomic mass is 19.4. The summed E-state index contributed by atoms with van der Waals surface area (Å²) in [6, 6.07) is 5.64. The molecule has 1 N–H and O–H groups in total. The lowest BCUT2D eigenvalue weighted by atomic mass is 9.95. The zero-order valence-electron chi connectivity index (χ0n) is 17.7. The van der Waals surface area contributed by atoms with Crippen molar-refractivity contribution in [3.05, 3.63) is 29.8 Å². The molecule has 1 aliphatic rings. The Morgan fingerprint density at radius 2 is 1.73 bits per heavy atom. The molecular formula is C21H30F3N3O3. The number of urea groups is 1. The minimum atomic E-state index is -4.39. The maximum absolute atomic E-state index is 12.6. The fourth-order valence-corrected chi connectivity index (χ4v) is 3.50. The van der Waals surface area contributed by atoms with Gasteiger partial charge in [0.25, 0.3) is 0 Å². The van der Waals surface area contributed by atoms with E-state index in [1.807, 2.05) is 18.7 Å². The topological polar surface area (TPSA) is 61.9 Å². The van der Waals surface area contributed by atoms with E-state index in [-0.39, 0.29) is 29.6 Å². The number of rotatable bonds is 7. The van der Waals surface area contributed by atoms with Crippen LogP contribution in [0.2, 0.25) is 0 Å². The molecular weight excluding hydrogens is 399 g/mol. The van der Waals surface area contributed by atoms with Crippen molar-refractivity contribution in [3.63, 3.8) is 0 Å². The van der Waals surface area contributed by atoms with Gasteiger partial charge in [-0.15, -0.1) is 0 Å². The maximum Gasteiger partial charge on any atom is 0.422 e. The summed E-state index contributed by atoms with van der Waals surface area (Å²) in [5.41, 5.74) is 0.759. The van der Waals surface area contributed by atoms with E-state index >= 15 is 0 Å². The molecule has 1 unspecified atom stereocenters. The van der Waals surface area contributed by atoms with Gasteiger partial charge in [-0.3, -0.25) is 4.79 Å². The van der Waals surface area contributed by atoms with Crippen LogP contribution in [0.4, 0.5) is 18.0 Å². The molecule has 1 aromatic rings. The molecule has 6 nitrogen and oxygen atoms in total. The lowest BCUT2D eigenvalue weighted by Gasteiger charge is -2.34. The second kappa shape index (κ2) is 10.5. The Balaban J connectivity index is 1.83. The van der Waals surface area contributed by atoms with Crippen molar-refractivity contribution >= 4 is 11.9 Å². The molecule has 1 aromatic carbocycles. The SMILES string of the molecule is CCN(CC)C(=O)C1CCN(C(=O)NC(C)c2ccc(OCC(F)(F)F)cc2)CC1. The van der Waals surface area contributed by atoms with Crippen LogP contribution in [0.25, 0.3) is 0 Å². The Morgan fingerprint density at radius 3 is 2.23 bits per heavy atom. The van der Waals surface area contributed by atoms with Gasteiger partial charge < -0.3 is 19.9 Å². The third-order valence-electron chi connectivity index (χ3n) is 5.33. The summed E-state index contributed by atoms with van der Waals surface area (Å²) in [6.45, 7) is 6.79. The number of hydrogen-bond acceptors (Lipinski definition) is 3. The summed E-state index contributed by atoms with van der Waals surface area (Å²) in [5, 5.41) is 2.90. The summed E-state index contributed by atoms with van der Waals surface area (Å²) in [6.07, 6.45) is -3.10. The fraction of sp³-hybridized carbons (Fsp3) is 0.619. The van der Waals surface area contributed by atoms with Gasteiger partial charge in [-0.05, 0) is 51.3 Å². The predicted octanol–water partition coefficient (Wildman–Crippen LogP) is 3.98. The van der Waals surface area contributed by atoms with Gasteiger partial charge in [0.2, 0.25) is 5.91 Å². The number of amides is 3. The number of nitrogens with one attached hydrogen (secondary N) is 1. The Morgan fingerprint density at radius 1 is 1.17 bits per heavy atom. The average molecular weight is 429 g/mol. The van der Waals surface area contributed by atoms with E-state index in [9.17, 15) is 22.8 Å². The van der Waals surface area contributed by atoms with Gasteiger partial charge in [-0.25, -0.2) is 4.79 Å². The second-order valence-electron chi connectivity index (χ2n) is 7.42. The van der Waals surface area contributed by atoms with Gasteiger partial charge in [0.1, 0.15) is 5.75 Å². The zero-order valence-corrected chi connectivity index (χ0v) is 17.7. The molecule has 0 aliphatic carbocycles. The molecule has 0 spiro atoms. The van der Waals surface area contributed by atoms with Crippen LogP contribution in [0, 0.1) is 5.92 Å². The van der Waals surface area contributed by atoms with Crippen molar-refractivity contribution in [2.75, 3.05) is 32.8 Å². The van der Waals surface area contributed by atoms with E-state index in [1.165, 1.54) is 12.1 Å². The van der Waals surface area contributed by atoms with Crippen molar-refractivity contribution < 1.29 is 27.5 Å². The van der Waals surface area contributed by atoms with E-state index < -0.39 is 12.8 Å². The molecule has 3 amide bonds. The fourth-order valence-electron chi connectivity index (χ4n) is 3.50. The summed E-state index contributed by atoms with van der Waals surface area (Å²) < 4.78 is 41.3. The summed E-state index contributed by atoms with van der Waals surface area (Å²) in [4.78, 5) is 28.5. The third kappa shape index (κ3) is 6.81. The summed E-state index contributed by atoms with van der Waals surface area (Å²) in [5.74, 6) is 0.228. The largest absolute Gasteiger partial charge is 0.484 e. The monoisotopic (exact) mass is 429 g/mol. The number of likely N-dealkylation sites (tertiary alicyclic amines) is 1. The van der Waals surface area contributed by atoms with Crippen molar-refractivity contribution in [1.29, 1.82) is 0 Å². The number of halogens is 3. The molecule has 0 bridgehead atoms. The lowest BCUT2D eigenvalue weighted by molar-refractivity contribution is -0.153. The molecule has 0 radical (unpaired) electrons. The van der Waals surface area contributed by atoms with E-state index in [0.29, 0.717) is 39.0 Å². The van der Waals surface area contributed by atoms with Gasteiger partial charge in [0.05, 0.1) is 6.04 Å². The first-order chi connectivity index (χ1) is 14.1. The van der Waals surface area contributed by atoms with Crippen molar-refractivity contribution in [2.45, 2.75) is 45.8 Å². The Labute approximate surface area is 175 Å². The standard InChI is InChI=1S/C21H30F3N3O3/c1-4-26(5-2)19(28)17-10-12-27(13-11-17)20(29)25-15(3)16-6-8-18(9-7-16)30-14-21(22,23)24/h6-9,15,17H,4-5,10-14H2,1-3H3,(H,25,29). The van der Waals surface area contributed by atoms with Crippen molar-refractivity contribution in [1.82, 2.24) is 15.1 Å². The zero-order chi connectivity index (χ0) is 22.3. The Hall–Kier alpha value is -2.45. The van der Waals surface area contributed by atoms with Crippen LogP contribution in [0.15, 0.2) is 24.3 Å². The molecule has 168 valence electrons. The molecule has 2 rings (SSSR count). The predicted molar refractivity (Wildman–Crippen MR) is 107 cm³/mol. The van der Waals surface area contributed by atoms with Gasteiger partial charge in [0.15, 0.2) is 6.61 Å². The highest BCUT2D eigenvalue weighted by molar-refractivity contribution is 5.80. The van der Waals surface area contributed by atoms with E-state index in [0.717, 1.165) is 5.56 Å². The molecule has 1 saturated heterocycles. The van der Waals surface area contributed by atoms with Gasteiger partial charge in [-0.2, -0.15) is 13.2 Å². The van der Waals surface area contributed by atoms with Crippen LogP contribution in [-0.2, 0) is 4.79 Å². The van der Waals surface area contributed by atoms with Crippen LogP contribution in [-0.4, -0.2) is 60.7 Å². The number of piperidine rings is 1. The number of benzene rings is 1. The van der Waals surface area contributed by atoms with Crippen LogP contribution in [0.1, 0.15) is 45.2 Å². The summed E-state index contributed by atoms with van der Waals surface area (Å²) >= 11 is 0. The van der Waals surface area contributed by atoms with E-state index in [1.54, 1.807) is 24.0 Å². The van der Waals surface area contributed by atoms with Crippen LogP contribution >= 0.6 is 0 Å². The van der Waals surface area contributed by atoms with Gasteiger partial charge >= 0.3 is 12.2 Å². The molecule has 1 fully saturated rings. The van der Waals surface area contributed by atoms with Crippen molar-refractivity contribution in [3.8, 4) is 5.75 Å². The number of hydrogen-bond donors (Lipinski definition) is 1. The smallest absolute Gasteiger partial charge is 0.422 e. The summed E-state index contributed by atoms with van der Waals surface area (Å²) in [7, 11) is 0. The Bertz CT molecular complexity index is 698. The molecule has 0 saturated carbocycles. The van der Waals surface area contributed by atoms with Crippen LogP contribution in [0.3, 0.4) is 0 Å². The number of carbonyl (C=O) groups excluding carboxylic acids is 2. The number of nitrogens with zero attached hydrogens (tertiary/aromatic N) is 2. The first kappa shape index (κ1) is 23.8. The van der Waals surface area contributed by atoms with Crippen LogP contribution < -0.4 is 10.1 Å². The molecule has 1 atom stereocenters. The lowest BCUT2D eigenvalue weighted by Crippen LogP contribution is -2.48. The quantitative estimate of drug-likeness (QED) is 0.713. The molecule has 1 heterocycles. The number of ether oxygens (including phenoxy) is 1. The highest BCUT2D eigenvalue weighted by Gasteiger charge is 2.30. The normalized spacial score (nSPS) is 16.1. The highest BCUT2D eigenvalue weighted by Crippen LogP contribution is 2.23. The minimum absolute atomic E-state index is 0.0457. The first-order valence-corrected chi connectivity index (χ1v) is 10.3. The van der Waals surface area contributed by atoms with Crippen molar-refractivity contribution in [2.24, 2.45) is 5.92 Å². The molecule has 0 aromatic heterocycles. The number of carbonyl (C=O) groups is 2. The van der Waals surface area contributed by atoms with E-state index in [2.05, 4.69) is 5.32 Å². The van der Waals surface area contributed by atoms with Crippen LogP contribution in [0.5, 0.6) is 5.75 Å². The Kier molecular flexibility index (Phi) is 8.37. The van der Waals surface area contributed by atoms with Gasteiger partial charge in [-0.1, -0.05) is 12.1 Å². The third-order valence-corrected chi connectivity index (χ3v) is 5.33. The number of alkyl halides is 3. The molecule has 30 heavy (non-hydrogen) atoms. The maximum atomic E-state index is 12.6.